The Hall–Kier alpha value is -2.90. The first-order chi connectivity index (χ1) is 11.6. The van der Waals surface area contributed by atoms with Crippen molar-refractivity contribution in [3.05, 3.63) is 35.4 Å². The fourth-order valence-corrected chi connectivity index (χ4v) is 2.72. The second-order valence-corrected chi connectivity index (χ2v) is 6.59. The monoisotopic (exact) mass is 347 g/mol. The Kier molecular flexibility index (Phi) is 5.10. The van der Waals surface area contributed by atoms with Crippen molar-refractivity contribution in [2.75, 3.05) is 13.1 Å². The maximum absolute atomic E-state index is 12.7. The molecule has 1 aliphatic heterocycles. The van der Waals surface area contributed by atoms with E-state index in [2.05, 4.69) is 10.6 Å². The SMILES string of the molecule is CC(C)CN(CC(=O)O)C(=O)c1cccc(C2(C)NC(=O)NC2=O)c1. The fraction of sp³-hybridized carbons (Fsp3) is 0.412. The molecule has 2 rings (SSSR count). The summed E-state index contributed by atoms with van der Waals surface area (Å²) in [6, 6.07) is 5.68. The zero-order valence-electron chi connectivity index (χ0n) is 14.3. The molecule has 1 saturated heterocycles. The molecule has 0 saturated carbocycles. The first-order valence-electron chi connectivity index (χ1n) is 7.88. The van der Waals surface area contributed by atoms with Crippen LogP contribution in [0.15, 0.2) is 24.3 Å². The van der Waals surface area contributed by atoms with Crippen LogP contribution in [-0.2, 0) is 15.1 Å². The fourth-order valence-electron chi connectivity index (χ4n) is 2.72. The Balaban J connectivity index is 2.33. The molecule has 1 fully saturated rings. The lowest BCUT2D eigenvalue weighted by molar-refractivity contribution is -0.137. The van der Waals surface area contributed by atoms with Crippen LogP contribution in [0.4, 0.5) is 4.79 Å². The predicted molar refractivity (Wildman–Crippen MR) is 88.8 cm³/mol. The van der Waals surface area contributed by atoms with Gasteiger partial charge in [-0.05, 0) is 30.5 Å². The summed E-state index contributed by atoms with van der Waals surface area (Å²) in [7, 11) is 0. The maximum atomic E-state index is 12.7. The Morgan fingerprint density at radius 3 is 2.48 bits per heavy atom. The predicted octanol–water partition coefficient (Wildman–Crippen LogP) is 0.924. The van der Waals surface area contributed by atoms with Crippen molar-refractivity contribution in [3.8, 4) is 0 Å². The molecule has 0 radical (unpaired) electrons. The van der Waals surface area contributed by atoms with E-state index in [-0.39, 0.29) is 11.5 Å². The van der Waals surface area contributed by atoms with Crippen molar-refractivity contribution >= 4 is 23.8 Å². The number of hydrogen-bond donors (Lipinski definition) is 3. The lowest BCUT2D eigenvalue weighted by atomic mass is 9.91. The molecule has 0 spiro atoms. The number of carbonyl (C=O) groups excluding carboxylic acids is 3. The molecular formula is C17H21N3O5. The second-order valence-electron chi connectivity index (χ2n) is 6.59. The number of nitrogens with one attached hydrogen (secondary N) is 2. The first kappa shape index (κ1) is 18.4. The van der Waals surface area contributed by atoms with E-state index < -0.39 is 35.9 Å². The average Bonchev–Trinajstić information content (AvgIpc) is 2.78. The van der Waals surface area contributed by atoms with Gasteiger partial charge in [-0.1, -0.05) is 26.0 Å². The van der Waals surface area contributed by atoms with Gasteiger partial charge in [0.05, 0.1) is 0 Å². The number of nitrogens with zero attached hydrogens (tertiary/aromatic N) is 1. The number of carbonyl (C=O) groups is 4. The van der Waals surface area contributed by atoms with Gasteiger partial charge in [-0.3, -0.25) is 19.7 Å². The molecule has 1 unspecified atom stereocenters. The molecule has 1 atom stereocenters. The molecule has 1 aromatic rings. The van der Waals surface area contributed by atoms with E-state index >= 15 is 0 Å². The molecule has 1 aromatic carbocycles. The minimum Gasteiger partial charge on any atom is -0.480 e. The molecule has 8 heteroatoms. The molecular weight excluding hydrogens is 326 g/mol. The molecule has 0 aliphatic carbocycles. The number of amides is 4. The van der Waals surface area contributed by atoms with Gasteiger partial charge in [0.2, 0.25) is 0 Å². The third kappa shape index (κ3) is 3.96. The van der Waals surface area contributed by atoms with Gasteiger partial charge in [-0.15, -0.1) is 0 Å². The van der Waals surface area contributed by atoms with Gasteiger partial charge in [0.25, 0.3) is 11.8 Å². The zero-order valence-corrected chi connectivity index (χ0v) is 14.3. The summed E-state index contributed by atoms with van der Waals surface area (Å²) in [5.74, 6) is -1.94. The van der Waals surface area contributed by atoms with Crippen molar-refractivity contribution in [2.45, 2.75) is 26.3 Å². The number of carboxylic acids is 1. The van der Waals surface area contributed by atoms with Crippen LogP contribution in [0.1, 0.15) is 36.7 Å². The largest absolute Gasteiger partial charge is 0.480 e. The molecule has 3 N–H and O–H groups in total. The van der Waals surface area contributed by atoms with Gasteiger partial charge in [0.15, 0.2) is 0 Å². The summed E-state index contributed by atoms with van der Waals surface area (Å²) in [5.41, 5.74) is -0.570. The number of imide groups is 1. The molecule has 8 nitrogen and oxygen atoms in total. The summed E-state index contributed by atoms with van der Waals surface area (Å²) in [5, 5.41) is 13.7. The van der Waals surface area contributed by atoms with Gasteiger partial charge >= 0.3 is 12.0 Å². The highest BCUT2D eigenvalue weighted by Crippen LogP contribution is 2.25. The van der Waals surface area contributed by atoms with E-state index in [1.54, 1.807) is 25.1 Å². The van der Waals surface area contributed by atoms with Gasteiger partial charge in [-0.25, -0.2) is 4.79 Å². The highest BCUT2D eigenvalue weighted by Gasteiger charge is 2.43. The van der Waals surface area contributed by atoms with E-state index in [9.17, 15) is 19.2 Å². The molecule has 4 amide bonds. The van der Waals surface area contributed by atoms with E-state index in [0.717, 1.165) is 0 Å². The second kappa shape index (κ2) is 6.92. The lowest BCUT2D eigenvalue weighted by Gasteiger charge is -2.25. The Morgan fingerprint density at radius 1 is 1.28 bits per heavy atom. The van der Waals surface area contributed by atoms with E-state index in [1.807, 2.05) is 13.8 Å². The third-order valence-electron chi connectivity index (χ3n) is 3.93. The number of benzene rings is 1. The van der Waals surface area contributed by atoms with Crippen molar-refractivity contribution in [1.82, 2.24) is 15.5 Å². The molecule has 0 aromatic heterocycles. The van der Waals surface area contributed by atoms with Crippen LogP contribution in [0.5, 0.6) is 0 Å². The highest BCUT2D eigenvalue weighted by molar-refractivity contribution is 6.07. The third-order valence-corrected chi connectivity index (χ3v) is 3.93. The number of urea groups is 1. The topological polar surface area (TPSA) is 116 Å². The Labute approximate surface area is 145 Å². The summed E-state index contributed by atoms with van der Waals surface area (Å²) in [4.78, 5) is 48.5. The molecule has 134 valence electrons. The molecule has 1 aliphatic rings. The molecule has 25 heavy (non-hydrogen) atoms. The lowest BCUT2D eigenvalue weighted by Crippen LogP contribution is -2.41. The summed E-state index contributed by atoms with van der Waals surface area (Å²) < 4.78 is 0. The van der Waals surface area contributed by atoms with Gasteiger partial charge in [0.1, 0.15) is 12.1 Å². The van der Waals surface area contributed by atoms with Crippen LogP contribution < -0.4 is 10.6 Å². The Bertz CT molecular complexity index is 731. The van der Waals surface area contributed by atoms with E-state index in [4.69, 9.17) is 5.11 Å². The number of carboxylic acid groups (broad SMARTS) is 1. The standard InChI is InChI=1S/C17H21N3O5/c1-10(2)8-20(9-13(21)22)14(23)11-5-4-6-12(7-11)17(3)15(24)18-16(25)19-17/h4-7,10H,8-9H2,1-3H3,(H,21,22)(H2,18,19,24,25). The van der Waals surface area contributed by atoms with Gasteiger partial charge < -0.3 is 15.3 Å². The van der Waals surface area contributed by atoms with Crippen LogP contribution in [0.3, 0.4) is 0 Å². The summed E-state index contributed by atoms with van der Waals surface area (Å²) in [6.45, 7) is 5.20. The van der Waals surface area contributed by atoms with Crippen molar-refractivity contribution in [2.24, 2.45) is 5.92 Å². The molecule has 1 heterocycles. The highest BCUT2D eigenvalue weighted by atomic mass is 16.4. The Morgan fingerprint density at radius 2 is 1.96 bits per heavy atom. The van der Waals surface area contributed by atoms with Crippen LogP contribution in [-0.4, -0.2) is 46.9 Å². The van der Waals surface area contributed by atoms with Crippen LogP contribution >= 0.6 is 0 Å². The van der Waals surface area contributed by atoms with Crippen LogP contribution in [0.25, 0.3) is 0 Å². The van der Waals surface area contributed by atoms with Crippen LogP contribution in [0.2, 0.25) is 0 Å². The first-order valence-corrected chi connectivity index (χ1v) is 7.88. The maximum Gasteiger partial charge on any atom is 0.323 e. The number of rotatable bonds is 6. The van der Waals surface area contributed by atoms with Gasteiger partial charge in [0, 0.05) is 12.1 Å². The number of aliphatic carboxylic acids is 1. The van der Waals surface area contributed by atoms with Crippen molar-refractivity contribution in [3.63, 3.8) is 0 Å². The number of hydrogen-bond acceptors (Lipinski definition) is 4. The average molecular weight is 347 g/mol. The quantitative estimate of drug-likeness (QED) is 0.662. The van der Waals surface area contributed by atoms with Crippen molar-refractivity contribution < 1.29 is 24.3 Å². The zero-order chi connectivity index (χ0) is 18.8. The van der Waals surface area contributed by atoms with Gasteiger partial charge in [-0.2, -0.15) is 0 Å². The normalized spacial score (nSPS) is 19.5. The minimum absolute atomic E-state index is 0.101. The van der Waals surface area contributed by atoms with E-state index in [0.29, 0.717) is 12.1 Å². The minimum atomic E-state index is -1.27. The molecule has 0 bridgehead atoms. The smallest absolute Gasteiger partial charge is 0.323 e. The van der Waals surface area contributed by atoms with E-state index in [1.165, 1.54) is 11.0 Å². The summed E-state index contributed by atoms with van der Waals surface area (Å²) >= 11 is 0. The van der Waals surface area contributed by atoms with Crippen molar-refractivity contribution in [1.29, 1.82) is 0 Å². The summed E-state index contributed by atoms with van der Waals surface area (Å²) in [6.07, 6.45) is 0. The van der Waals surface area contributed by atoms with Crippen LogP contribution in [0, 0.1) is 5.92 Å².